The van der Waals surface area contributed by atoms with E-state index in [2.05, 4.69) is 0 Å². The molecule has 0 amide bonds. The van der Waals surface area contributed by atoms with Crippen LogP contribution in [-0.4, -0.2) is 46.9 Å². The minimum Gasteiger partial charge on any atom is -0.792 e. The second-order valence-electron chi connectivity index (χ2n) is 3.65. The summed E-state index contributed by atoms with van der Waals surface area (Å²) in [5.41, 5.74) is 0. The Bertz CT molecular complexity index is 384. The van der Waals surface area contributed by atoms with E-state index in [0.717, 1.165) is 32.8 Å². The van der Waals surface area contributed by atoms with Gasteiger partial charge in [-0.25, -0.2) is 0 Å². The van der Waals surface area contributed by atoms with E-state index in [4.69, 9.17) is 50.5 Å². The van der Waals surface area contributed by atoms with Gasteiger partial charge in [-0.15, -0.1) is 0 Å². The Hall–Kier alpha value is 0.729. The maximum absolute atomic E-state index is 4.81. The Morgan fingerprint density at radius 1 is 0.636 bits per heavy atom. The van der Waals surface area contributed by atoms with Crippen LogP contribution in [0.5, 0.6) is 0 Å². The summed E-state index contributed by atoms with van der Waals surface area (Å²) < 4.78 is 0. The standard InChI is InChI=1S/2C6H6S.C4H10S3.Sn/c2*7-6-4-2-1-3-5-6;5-1-3-7-4-2-6;/h2*1-5,7H;5-6H,1-4H2;/q;;;+4/p-4. The fraction of sp³-hybridized carbons (Fsp3) is 0.250. The molecule has 0 heterocycles. The van der Waals surface area contributed by atoms with E-state index >= 15 is 0 Å². The van der Waals surface area contributed by atoms with Crippen LogP contribution in [0.15, 0.2) is 70.5 Å². The van der Waals surface area contributed by atoms with E-state index in [9.17, 15) is 0 Å². The second-order valence-corrected chi connectivity index (χ2v) is 6.63. The topological polar surface area (TPSA) is 0 Å². The van der Waals surface area contributed by atoms with E-state index in [0.29, 0.717) is 0 Å². The molecule has 0 N–H and O–H groups in total. The molecule has 0 atom stereocenters. The summed E-state index contributed by atoms with van der Waals surface area (Å²) in [5, 5.41) is 0. The second kappa shape index (κ2) is 19.8. The molecule has 116 valence electrons. The molecule has 2 aromatic rings. The molecule has 0 saturated heterocycles. The van der Waals surface area contributed by atoms with Crippen molar-refractivity contribution < 1.29 is 0 Å². The average molecular weight is 489 g/mol. The molecule has 0 fully saturated rings. The molecule has 0 aliphatic heterocycles. The molecule has 0 saturated carbocycles. The fourth-order valence-electron chi connectivity index (χ4n) is 1.06. The van der Waals surface area contributed by atoms with E-state index < -0.39 is 0 Å². The molecule has 2 rings (SSSR count). The van der Waals surface area contributed by atoms with Crippen LogP contribution in [0.25, 0.3) is 0 Å². The summed E-state index contributed by atoms with van der Waals surface area (Å²) in [5.74, 6) is 3.90. The van der Waals surface area contributed by atoms with Gasteiger partial charge in [0.25, 0.3) is 0 Å². The van der Waals surface area contributed by atoms with E-state index in [-0.39, 0.29) is 23.9 Å². The maximum Gasteiger partial charge on any atom is 4.00 e. The summed E-state index contributed by atoms with van der Waals surface area (Å²) >= 11 is 20.9. The van der Waals surface area contributed by atoms with Crippen LogP contribution in [0.2, 0.25) is 0 Å². The molecule has 0 aliphatic carbocycles. The number of hydrogen-bond donors (Lipinski definition) is 0. The van der Waals surface area contributed by atoms with Crippen LogP contribution in [-0.2, 0) is 50.5 Å². The molecule has 0 aliphatic rings. The Kier molecular flexibility index (Phi) is 22.4. The number of rotatable bonds is 4. The van der Waals surface area contributed by atoms with Crippen LogP contribution >= 0.6 is 11.8 Å². The first-order valence-electron chi connectivity index (χ1n) is 6.38. The Labute approximate surface area is 178 Å². The minimum absolute atomic E-state index is 0. The van der Waals surface area contributed by atoms with Crippen molar-refractivity contribution >= 4 is 86.2 Å². The third kappa shape index (κ3) is 18.8. The van der Waals surface area contributed by atoms with Gasteiger partial charge in [0.15, 0.2) is 0 Å². The van der Waals surface area contributed by atoms with Gasteiger partial charge in [-0.05, 0) is 11.5 Å². The molecular formula is C16H18S5Sn. The van der Waals surface area contributed by atoms with Crippen molar-refractivity contribution in [3.63, 3.8) is 0 Å². The molecule has 0 unspecified atom stereocenters. The maximum atomic E-state index is 4.81. The third-order valence-electron chi connectivity index (χ3n) is 1.94. The van der Waals surface area contributed by atoms with Crippen LogP contribution in [0.4, 0.5) is 0 Å². The predicted molar refractivity (Wildman–Crippen MR) is 112 cm³/mol. The van der Waals surface area contributed by atoms with Gasteiger partial charge in [0.05, 0.1) is 0 Å². The van der Waals surface area contributed by atoms with Gasteiger partial charge >= 0.3 is 23.9 Å². The summed E-state index contributed by atoms with van der Waals surface area (Å²) in [7, 11) is 0. The van der Waals surface area contributed by atoms with Crippen molar-refractivity contribution in [2.75, 3.05) is 23.0 Å². The smallest absolute Gasteiger partial charge is 0.792 e. The Morgan fingerprint density at radius 3 is 1.14 bits per heavy atom. The molecule has 22 heavy (non-hydrogen) atoms. The molecule has 0 spiro atoms. The van der Waals surface area contributed by atoms with Crippen molar-refractivity contribution in [2.45, 2.75) is 9.79 Å². The summed E-state index contributed by atoms with van der Waals surface area (Å²) in [6.07, 6.45) is 0. The molecule has 0 nitrogen and oxygen atoms in total. The summed E-state index contributed by atoms with van der Waals surface area (Å²) in [4.78, 5) is 1.81. The van der Waals surface area contributed by atoms with Gasteiger partial charge in [-0.3, -0.25) is 0 Å². The van der Waals surface area contributed by atoms with Crippen molar-refractivity contribution in [1.82, 2.24) is 0 Å². The van der Waals surface area contributed by atoms with Crippen molar-refractivity contribution in [3.8, 4) is 0 Å². The van der Waals surface area contributed by atoms with E-state index in [1.54, 1.807) is 0 Å². The number of thioether (sulfide) groups is 1. The van der Waals surface area contributed by atoms with Crippen LogP contribution in [0.3, 0.4) is 0 Å². The van der Waals surface area contributed by atoms with Gasteiger partial charge in [-0.1, -0.05) is 60.7 Å². The summed E-state index contributed by atoms with van der Waals surface area (Å²) in [6, 6.07) is 19.2. The average Bonchev–Trinajstić information content (AvgIpc) is 2.51. The Morgan fingerprint density at radius 2 is 0.955 bits per heavy atom. The molecule has 6 heteroatoms. The van der Waals surface area contributed by atoms with E-state index in [1.807, 2.05) is 72.4 Å². The van der Waals surface area contributed by atoms with Gasteiger partial charge in [0.1, 0.15) is 0 Å². The van der Waals surface area contributed by atoms with Crippen molar-refractivity contribution in [1.29, 1.82) is 0 Å². The minimum atomic E-state index is 0. The fourth-order valence-corrected chi connectivity index (χ4v) is 2.52. The zero-order chi connectivity index (χ0) is 15.8. The molecule has 0 aromatic heterocycles. The first kappa shape index (κ1) is 25.0. The zero-order valence-electron chi connectivity index (χ0n) is 12.1. The molecule has 0 bridgehead atoms. The monoisotopic (exact) mass is 490 g/mol. The van der Waals surface area contributed by atoms with Crippen molar-refractivity contribution in [2.24, 2.45) is 0 Å². The molecule has 2 aromatic carbocycles. The van der Waals surface area contributed by atoms with Crippen LogP contribution in [0, 0.1) is 0 Å². The number of benzene rings is 2. The van der Waals surface area contributed by atoms with Crippen LogP contribution < -0.4 is 0 Å². The molecule has 0 radical (unpaired) electrons. The van der Waals surface area contributed by atoms with Gasteiger partial charge in [-0.2, -0.15) is 33.1 Å². The quantitative estimate of drug-likeness (QED) is 0.365. The zero-order valence-corrected chi connectivity index (χ0v) is 19.1. The van der Waals surface area contributed by atoms with Gasteiger partial charge in [0, 0.05) is 0 Å². The SMILES string of the molecule is [S-]CCSCC[S-].[S-]c1ccccc1.[S-]c1ccccc1.[Sn+4]. The van der Waals surface area contributed by atoms with Gasteiger partial charge in [0.2, 0.25) is 0 Å². The first-order valence-corrected chi connectivity index (χ1v) is 9.51. The first-order chi connectivity index (χ1) is 10.2. The predicted octanol–water partition coefficient (Wildman–Crippen LogP) is 3.62. The third-order valence-corrected chi connectivity index (χ3v) is 4.40. The molecular weight excluding hydrogens is 471 g/mol. The van der Waals surface area contributed by atoms with E-state index in [1.165, 1.54) is 0 Å². The van der Waals surface area contributed by atoms with Crippen molar-refractivity contribution in [3.05, 3.63) is 60.7 Å². The summed E-state index contributed by atoms with van der Waals surface area (Å²) in [6.45, 7) is 0. The normalized spacial score (nSPS) is 8.45. The van der Waals surface area contributed by atoms with Gasteiger partial charge < -0.3 is 50.5 Å². The number of hydrogen-bond acceptors (Lipinski definition) is 5. The Balaban J connectivity index is 0. The van der Waals surface area contributed by atoms with Crippen LogP contribution in [0.1, 0.15) is 0 Å². The largest absolute Gasteiger partial charge is 4.00 e.